The zero-order valence-corrected chi connectivity index (χ0v) is 11.0. The van der Waals surface area contributed by atoms with Gasteiger partial charge >= 0.3 is 0 Å². The first-order chi connectivity index (χ1) is 9.09. The van der Waals surface area contributed by atoms with Gasteiger partial charge < -0.3 is 4.98 Å². The van der Waals surface area contributed by atoms with Gasteiger partial charge in [-0.3, -0.25) is 4.79 Å². The molecule has 1 aromatic carbocycles. The molecule has 0 saturated carbocycles. The lowest BCUT2D eigenvalue weighted by atomic mass is 9.97. The van der Waals surface area contributed by atoms with Crippen LogP contribution in [0.15, 0.2) is 46.3 Å². The van der Waals surface area contributed by atoms with Crippen LogP contribution in [0, 0.1) is 0 Å². The van der Waals surface area contributed by atoms with Crippen molar-refractivity contribution >= 4 is 15.6 Å². The van der Waals surface area contributed by atoms with Crippen molar-refractivity contribution in [3.05, 3.63) is 47.7 Å². The first kappa shape index (κ1) is 12.2. The number of nitrogens with one attached hydrogen (secondary N) is 1. The average molecular weight is 275 g/mol. The molecule has 1 N–H and O–H groups in total. The Morgan fingerprint density at radius 2 is 1.79 bits per heavy atom. The normalized spacial score (nSPS) is 15.3. The van der Waals surface area contributed by atoms with Crippen molar-refractivity contribution in [2.45, 2.75) is 29.2 Å². The molecule has 1 aliphatic carbocycles. The lowest BCUT2D eigenvalue weighted by molar-refractivity contribution is 0.0972. The predicted molar refractivity (Wildman–Crippen MR) is 70.0 cm³/mol. The molecule has 1 heterocycles. The molecule has 0 atom stereocenters. The van der Waals surface area contributed by atoms with E-state index in [9.17, 15) is 13.2 Å². The lowest BCUT2D eigenvalue weighted by Gasteiger charge is -2.08. The molecule has 0 radical (unpaired) electrons. The number of rotatable bonds is 2. The highest BCUT2D eigenvalue weighted by molar-refractivity contribution is 7.91. The molecule has 5 heteroatoms. The minimum absolute atomic E-state index is 0.0204. The van der Waals surface area contributed by atoms with Crippen LogP contribution in [0.1, 0.15) is 28.9 Å². The lowest BCUT2D eigenvalue weighted by Crippen LogP contribution is -2.08. The number of hydrogen-bond donors (Lipinski definition) is 1. The van der Waals surface area contributed by atoms with Crippen molar-refractivity contribution in [3.63, 3.8) is 0 Å². The van der Waals surface area contributed by atoms with E-state index in [-0.39, 0.29) is 15.7 Å². The van der Waals surface area contributed by atoms with Gasteiger partial charge in [-0.15, -0.1) is 0 Å². The molecule has 98 valence electrons. The maximum Gasteiger partial charge on any atom is 0.221 e. The van der Waals surface area contributed by atoms with E-state index in [2.05, 4.69) is 4.98 Å². The van der Waals surface area contributed by atoms with Gasteiger partial charge in [-0.25, -0.2) is 8.42 Å². The maximum absolute atomic E-state index is 12.4. The molecule has 1 aromatic heterocycles. The fourth-order valence-corrected chi connectivity index (χ4v) is 3.65. The fourth-order valence-electron chi connectivity index (χ4n) is 2.35. The molecule has 0 bridgehead atoms. The first-order valence-corrected chi connectivity index (χ1v) is 7.62. The van der Waals surface area contributed by atoms with E-state index in [4.69, 9.17) is 0 Å². The van der Waals surface area contributed by atoms with Crippen molar-refractivity contribution in [1.82, 2.24) is 4.98 Å². The zero-order valence-electron chi connectivity index (χ0n) is 10.2. The fraction of sp³-hybridized carbons (Fsp3) is 0.214. The number of hydrogen-bond acceptors (Lipinski definition) is 3. The van der Waals surface area contributed by atoms with Crippen molar-refractivity contribution < 1.29 is 13.2 Å². The third-order valence-corrected chi connectivity index (χ3v) is 5.04. The summed E-state index contributed by atoms with van der Waals surface area (Å²) in [6.07, 6.45) is 2.00. The van der Waals surface area contributed by atoms with Gasteiger partial charge in [0.15, 0.2) is 5.78 Å². The van der Waals surface area contributed by atoms with Gasteiger partial charge in [-0.1, -0.05) is 18.2 Å². The van der Waals surface area contributed by atoms with Crippen LogP contribution in [0.2, 0.25) is 0 Å². The van der Waals surface area contributed by atoms with E-state index in [1.807, 2.05) is 0 Å². The Labute approximate surface area is 111 Å². The van der Waals surface area contributed by atoms with Crippen LogP contribution in [0.4, 0.5) is 0 Å². The van der Waals surface area contributed by atoms with Crippen LogP contribution in [0.5, 0.6) is 0 Å². The molecule has 0 spiro atoms. The number of Topliss-reactive ketones (excluding diaryl/α,β-unsaturated/α-hetero) is 1. The molecule has 19 heavy (non-hydrogen) atoms. The summed E-state index contributed by atoms with van der Waals surface area (Å²) in [7, 11) is -3.56. The number of aromatic nitrogens is 1. The minimum atomic E-state index is -3.56. The minimum Gasteiger partial charge on any atom is -0.349 e. The number of carbonyl (C=O) groups is 1. The molecule has 4 nitrogen and oxygen atoms in total. The summed E-state index contributed by atoms with van der Waals surface area (Å²) in [5, 5.41) is 0.110. The van der Waals surface area contributed by atoms with E-state index in [0.717, 1.165) is 18.5 Å². The summed E-state index contributed by atoms with van der Waals surface area (Å²) in [6.45, 7) is 0. The number of H-pyrrole nitrogens is 1. The van der Waals surface area contributed by atoms with Crippen molar-refractivity contribution in [2.75, 3.05) is 0 Å². The Balaban J connectivity index is 2.11. The monoisotopic (exact) mass is 275 g/mol. The number of aromatic amines is 1. The number of fused-ring (bicyclic) bond motifs is 1. The van der Waals surface area contributed by atoms with Crippen LogP contribution in [0.3, 0.4) is 0 Å². The van der Waals surface area contributed by atoms with E-state index >= 15 is 0 Å². The third-order valence-electron chi connectivity index (χ3n) is 3.35. The molecule has 1 aliphatic rings. The Kier molecular flexibility index (Phi) is 2.78. The Morgan fingerprint density at radius 3 is 2.47 bits per heavy atom. The van der Waals surface area contributed by atoms with Gasteiger partial charge in [-0.2, -0.15) is 0 Å². The Morgan fingerprint density at radius 1 is 1.05 bits per heavy atom. The van der Waals surface area contributed by atoms with Gasteiger partial charge in [0.1, 0.15) is 5.03 Å². The van der Waals surface area contributed by atoms with Gasteiger partial charge in [-0.05, 0) is 31.0 Å². The molecule has 0 fully saturated rings. The second-order valence-electron chi connectivity index (χ2n) is 4.62. The number of ketones is 1. The zero-order chi connectivity index (χ0) is 13.5. The average Bonchev–Trinajstić information content (AvgIpc) is 2.86. The van der Waals surface area contributed by atoms with Crippen LogP contribution in [-0.2, 0) is 16.3 Å². The molecule has 0 amide bonds. The number of benzene rings is 1. The largest absolute Gasteiger partial charge is 0.349 e. The molecule has 0 saturated heterocycles. The molecular weight excluding hydrogens is 262 g/mol. The van der Waals surface area contributed by atoms with E-state index < -0.39 is 9.84 Å². The third kappa shape index (κ3) is 2.00. The van der Waals surface area contributed by atoms with Gasteiger partial charge in [0.2, 0.25) is 9.84 Å². The van der Waals surface area contributed by atoms with Crippen molar-refractivity contribution in [1.29, 1.82) is 0 Å². The maximum atomic E-state index is 12.4. The number of sulfone groups is 1. The van der Waals surface area contributed by atoms with Crippen LogP contribution in [-0.4, -0.2) is 19.2 Å². The Hall–Kier alpha value is -1.88. The smallest absolute Gasteiger partial charge is 0.221 e. The second kappa shape index (κ2) is 4.35. The summed E-state index contributed by atoms with van der Waals surface area (Å²) in [4.78, 5) is 14.9. The van der Waals surface area contributed by atoms with Gasteiger partial charge in [0.25, 0.3) is 0 Å². The molecular formula is C14H13NO3S. The SMILES string of the molecule is O=C1CCCc2[nH]c(S(=O)(=O)c3ccccc3)cc21. The van der Waals surface area contributed by atoms with Crippen LogP contribution >= 0.6 is 0 Å². The van der Waals surface area contributed by atoms with Crippen LogP contribution in [0.25, 0.3) is 0 Å². The van der Waals surface area contributed by atoms with E-state index in [1.165, 1.54) is 6.07 Å². The molecule has 3 rings (SSSR count). The highest BCUT2D eigenvalue weighted by Gasteiger charge is 2.26. The van der Waals surface area contributed by atoms with Gasteiger partial charge in [0, 0.05) is 17.7 Å². The predicted octanol–water partition coefficient (Wildman–Crippen LogP) is 2.37. The standard InChI is InChI=1S/C14H13NO3S/c16-13-8-4-7-12-11(13)9-14(15-12)19(17,18)10-5-2-1-3-6-10/h1-3,5-6,9,15H,4,7-8H2. The van der Waals surface area contributed by atoms with Crippen molar-refractivity contribution in [2.24, 2.45) is 0 Å². The Bertz CT molecular complexity index is 729. The summed E-state index contributed by atoms with van der Waals surface area (Å²) < 4.78 is 24.8. The molecule has 2 aromatic rings. The second-order valence-corrected chi connectivity index (χ2v) is 6.54. The molecule has 0 unspecified atom stereocenters. The number of carbonyl (C=O) groups excluding carboxylic acids is 1. The first-order valence-electron chi connectivity index (χ1n) is 6.14. The highest BCUT2D eigenvalue weighted by atomic mass is 32.2. The summed E-state index contributed by atoms with van der Waals surface area (Å²) in [5.74, 6) is 0.0204. The summed E-state index contributed by atoms with van der Waals surface area (Å²) >= 11 is 0. The highest BCUT2D eigenvalue weighted by Crippen LogP contribution is 2.27. The summed E-state index contributed by atoms with van der Waals surface area (Å²) in [5.41, 5.74) is 1.27. The molecule has 0 aliphatic heterocycles. The van der Waals surface area contributed by atoms with Gasteiger partial charge in [0.05, 0.1) is 4.90 Å². The van der Waals surface area contributed by atoms with Crippen molar-refractivity contribution in [3.8, 4) is 0 Å². The van der Waals surface area contributed by atoms with E-state index in [0.29, 0.717) is 12.0 Å². The van der Waals surface area contributed by atoms with E-state index in [1.54, 1.807) is 30.3 Å². The number of aryl methyl sites for hydroxylation is 1. The summed E-state index contributed by atoms with van der Waals surface area (Å²) in [6, 6.07) is 9.71. The topological polar surface area (TPSA) is 67.0 Å². The quantitative estimate of drug-likeness (QED) is 0.915. The van der Waals surface area contributed by atoms with Crippen LogP contribution < -0.4 is 0 Å².